The molecule has 2 saturated heterocycles. The number of likely N-dealkylation sites (N-methyl/N-ethyl adjacent to an activating group) is 1. The standard InChI is InChI=1S/C18H26N2O2S2.ClH/c1-20(15-7-9-19-10-8-15)17(21)13-22-16-5-3-14(4-6-16)18-23-11-2-12-24-18;/h3-6,15,18-19H,2,7-13H2,1H3;1H. The second-order valence-corrected chi connectivity index (χ2v) is 8.99. The molecular formula is C18H27ClN2O2S2. The van der Waals surface area contributed by atoms with E-state index in [4.69, 9.17) is 4.74 Å². The highest BCUT2D eigenvalue weighted by Crippen LogP contribution is 2.43. The van der Waals surface area contributed by atoms with Gasteiger partial charge in [0.25, 0.3) is 5.91 Å². The number of benzene rings is 1. The fourth-order valence-electron chi connectivity index (χ4n) is 3.05. The van der Waals surface area contributed by atoms with Crippen molar-refractivity contribution >= 4 is 41.8 Å². The molecule has 0 aromatic heterocycles. The summed E-state index contributed by atoms with van der Waals surface area (Å²) >= 11 is 4.03. The van der Waals surface area contributed by atoms with Crippen molar-refractivity contribution in [2.75, 3.05) is 38.2 Å². The first-order chi connectivity index (χ1) is 11.7. The minimum Gasteiger partial charge on any atom is -0.484 e. The summed E-state index contributed by atoms with van der Waals surface area (Å²) in [6, 6.07) is 8.58. The van der Waals surface area contributed by atoms with Crippen LogP contribution >= 0.6 is 35.9 Å². The first-order valence-corrected chi connectivity index (χ1v) is 10.8. The van der Waals surface area contributed by atoms with Crippen LogP contribution in [0.3, 0.4) is 0 Å². The van der Waals surface area contributed by atoms with Crippen molar-refractivity contribution in [1.82, 2.24) is 10.2 Å². The van der Waals surface area contributed by atoms with Crippen LogP contribution in [0.2, 0.25) is 0 Å². The molecule has 0 spiro atoms. The Morgan fingerprint density at radius 2 is 1.84 bits per heavy atom. The fourth-order valence-corrected chi connectivity index (χ4v) is 5.94. The number of amides is 1. The summed E-state index contributed by atoms with van der Waals surface area (Å²) in [6.45, 7) is 2.09. The van der Waals surface area contributed by atoms with Crippen molar-refractivity contribution in [3.05, 3.63) is 29.8 Å². The van der Waals surface area contributed by atoms with Gasteiger partial charge in [-0.15, -0.1) is 35.9 Å². The SMILES string of the molecule is CN(C(=O)COc1ccc(C2SCCCS2)cc1)C1CCNCC1.Cl. The molecule has 0 radical (unpaired) electrons. The van der Waals surface area contributed by atoms with Gasteiger partial charge >= 0.3 is 0 Å². The van der Waals surface area contributed by atoms with Crippen LogP contribution in [0.15, 0.2) is 24.3 Å². The number of carbonyl (C=O) groups is 1. The van der Waals surface area contributed by atoms with E-state index in [9.17, 15) is 4.79 Å². The largest absolute Gasteiger partial charge is 0.484 e. The van der Waals surface area contributed by atoms with Crippen LogP contribution in [-0.2, 0) is 4.79 Å². The number of nitrogens with zero attached hydrogens (tertiary/aromatic N) is 1. The molecule has 0 aliphatic carbocycles. The van der Waals surface area contributed by atoms with Crippen LogP contribution < -0.4 is 10.1 Å². The van der Waals surface area contributed by atoms with Crippen LogP contribution in [0.1, 0.15) is 29.4 Å². The monoisotopic (exact) mass is 402 g/mol. The van der Waals surface area contributed by atoms with Crippen molar-refractivity contribution in [2.45, 2.75) is 29.9 Å². The van der Waals surface area contributed by atoms with E-state index >= 15 is 0 Å². The molecule has 0 unspecified atom stereocenters. The van der Waals surface area contributed by atoms with Gasteiger partial charge < -0.3 is 15.0 Å². The van der Waals surface area contributed by atoms with Gasteiger partial charge in [0.2, 0.25) is 0 Å². The highest BCUT2D eigenvalue weighted by atomic mass is 35.5. The predicted molar refractivity (Wildman–Crippen MR) is 110 cm³/mol. The Labute approximate surface area is 165 Å². The smallest absolute Gasteiger partial charge is 0.260 e. The lowest BCUT2D eigenvalue weighted by atomic mass is 10.1. The molecule has 0 bridgehead atoms. The first-order valence-electron chi connectivity index (χ1n) is 8.66. The summed E-state index contributed by atoms with van der Waals surface area (Å²) in [4.78, 5) is 14.2. The van der Waals surface area contributed by atoms with E-state index in [0.717, 1.165) is 31.7 Å². The zero-order chi connectivity index (χ0) is 16.8. The Morgan fingerprint density at radius 1 is 1.20 bits per heavy atom. The Morgan fingerprint density at radius 3 is 2.48 bits per heavy atom. The predicted octanol–water partition coefficient (Wildman–Crippen LogP) is 3.57. The maximum absolute atomic E-state index is 12.3. The molecule has 4 nitrogen and oxygen atoms in total. The van der Waals surface area contributed by atoms with Gasteiger partial charge in [-0.1, -0.05) is 12.1 Å². The lowest BCUT2D eigenvalue weighted by molar-refractivity contribution is -0.134. The third-order valence-corrected chi connectivity index (χ3v) is 7.61. The summed E-state index contributed by atoms with van der Waals surface area (Å²) in [5.41, 5.74) is 1.34. The van der Waals surface area contributed by atoms with Crippen LogP contribution in [0.4, 0.5) is 0 Å². The lowest BCUT2D eigenvalue weighted by Crippen LogP contribution is -2.45. The average Bonchev–Trinajstić information content (AvgIpc) is 2.67. The zero-order valence-corrected chi connectivity index (χ0v) is 17.1. The molecule has 1 aromatic carbocycles. The molecular weight excluding hydrogens is 376 g/mol. The van der Waals surface area contributed by atoms with E-state index in [-0.39, 0.29) is 24.9 Å². The minimum absolute atomic E-state index is 0. The van der Waals surface area contributed by atoms with Crippen LogP contribution in [0.5, 0.6) is 5.75 Å². The molecule has 0 atom stereocenters. The van der Waals surface area contributed by atoms with Crippen LogP contribution in [-0.4, -0.2) is 55.1 Å². The highest BCUT2D eigenvalue weighted by molar-refractivity contribution is 8.16. The van der Waals surface area contributed by atoms with Crippen molar-refractivity contribution in [2.24, 2.45) is 0 Å². The Balaban J connectivity index is 0.00000225. The Kier molecular flexibility index (Phi) is 8.76. The van der Waals surface area contributed by atoms with Crippen molar-refractivity contribution in [3.8, 4) is 5.75 Å². The van der Waals surface area contributed by atoms with Gasteiger partial charge in [0.1, 0.15) is 5.75 Å². The normalized spacial score (nSPS) is 19.1. The number of thioether (sulfide) groups is 2. The molecule has 1 N–H and O–H groups in total. The molecule has 2 heterocycles. The molecule has 25 heavy (non-hydrogen) atoms. The Bertz CT molecular complexity index is 532. The molecule has 2 aliphatic heterocycles. The van der Waals surface area contributed by atoms with E-state index in [0.29, 0.717) is 10.6 Å². The van der Waals surface area contributed by atoms with Gasteiger partial charge in [-0.25, -0.2) is 0 Å². The maximum Gasteiger partial charge on any atom is 0.260 e. The fraction of sp³-hybridized carbons (Fsp3) is 0.611. The lowest BCUT2D eigenvalue weighted by Gasteiger charge is -2.31. The van der Waals surface area contributed by atoms with Crippen molar-refractivity contribution < 1.29 is 9.53 Å². The second-order valence-electron chi connectivity index (χ2n) is 6.27. The molecule has 0 saturated carbocycles. The van der Waals surface area contributed by atoms with Gasteiger partial charge in [-0.05, 0) is 61.6 Å². The third-order valence-electron chi connectivity index (χ3n) is 4.59. The van der Waals surface area contributed by atoms with Crippen LogP contribution in [0, 0.1) is 0 Å². The van der Waals surface area contributed by atoms with E-state index < -0.39 is 0 Å². The van der Waals surface area contributed by atoms with E-state index in [1.807, 2.05) is 47.6 Å². The number of rotatable bonds is 5. The zero-order valence-electron chi connectivity index (χ0n) is 14.6. The maximum atomic E-state index is 12.3. The van der Waals surface area contributed by atoms with Gasteiger partial charge in [-0.3, -0.25) is 4.79 Å². The van der Waals surface area contributed by atoms with Gasteiger partial charge in [-0.2, -0.15) is 0 Å². The summed E-state index contributed by atoms with van der Waals surface area (Å²) < 4.78 is 6.24. The summed E-state index contributed by atoms with van der Waals surface area (Å²) in [7, 11) is 1.89. The molecule has 3 rings (SSSR count). The number of hydrogen-bond acceptors (Lipinski definition) is 5. The summed E-state index contributed by atoms with van der Waals surface area (Å²) in [5, 5.41) is 3.33. The number of ether oxygens (including phenoxy) is 1. The molecule has 2 fully saturated rings. The minimum atomic E-state index is 0. The van der Waals surface area contributed by atoms with E-state index in [1.54, 1.807) is 0 Å². The molecule has 1 aromatic rings. The van der Waals surface area contributed by atoms with Gasteiger partial charge in [0.15, 0.2) is 6.61 Å². The quantitative estimate of drug-likeness (QED) is 0.815. The number of hydrogen-bond donors (Lipinski definition) is 1. The van der Waals surface area contributed by atoms with Crippen molar-refractivity contribution in [1.29, 1.82) is 0 Å². The number of halogens is 1. The molecule has 140 valence electrons. The number of nitrogens with one attached hydrogen (secondary N) is 1. The third kappa shape index (κ3) is 5.98. The first kappa shape index (κ1) is 20.7. The van der Waals surface area contributed by atoms with Crippen molar-refractivity contribution in [3.63, 3.8) is 0 Å². The number of carbonyl (C=O) groups excluding carboxylic acids is 1. The van der Waals surface area contributed by atoms with Crippen LogP contribution in [0.25, 0.3) is 0 Å². The summed E-state index contributed by atoms with van der Waals surface area (Å²) in [6.07, 6.45) is 3.35. The summed E-state index contributed by atoms with van der Waals surface area (Å²) in [5.74, 6) is 3.32. The number of piperidine rings is 1. The van der Waals surface area contributed by atoms with Gasteiger partial charge in [0.05, 0.1) is 4.58 Å². The topological polar surface area (TPSA) is 41.6 Å². The second kappa shape index (κ2) is 10.6. The molecule has 7 heteroatoms. The Hall–Kier alpha value is -0.560. The average molecular weight is 403 g/mol. The molecule has 2 aliphatic rings. The van der Waals surface area contributed by atoms with E-state index in [2.05, 4.69) is 17.4 Å². The van der Waals surface area contributed by atoms with E-state index in [1.165, 1.54) is 23.5 Å². The van der Waals surface area contributed by atoms with Gasteiger partial charge in [0, 0.05) is 13.1 Å². The molecule has 1 amide bonds. The highest BCUT2D eigenvalue weighted by Gasteiger charge is 2.22.